The lowest BCUT2D eigenvalue weighted by atomic mass is 10.1. The van der Waals surface area contributed by atoms with Crippen LogP contribution in [0, 0.1) is 12.7 Å². The predicted octanol–water partition coefficient (Wildman–Crippen LogP) is 2.81. The van der Waals surface area contributed by atoms with Crippen molar-refractivity contribution in [1.82, 2.24) is 0 Å². The lowest BCUT2D eigenvalue weighted by molar-refractivity contribution is 0.104. The van der Waals surface area contributed by atoms with E-state index in [2.05, 4.69) is 0 Å². The van der Waals surface area contributed by atoms with E-state index in [0.29, 0.717) is 18.3 Å². The molecular formula is C11H13FO. The van der Waals surface area contributed by atoms with E-state index >= 15 is 0 Å². The minimum absolute atomic E-state index is 0.152. The molecule has 1 aromatic carbocycles. The minimum Gasteiger partial charge on any atom is -0.373 e. The second kappa shape index (κ2) is 3.46. The Morgan fingerprint density at radius 3 is 2.85 bits per heavy atom. The number of halogens is 1. The van der Waals surface area contributed by atoms with Crippen molar-refractivity contribution in [3.8, 4) is 0 Å². The molecule has 0 N–H and O–H groups in total. The standard InChI is InChI=1S/C11H13FO/c1-8-2-3-9(11(12)6-8)7-13-10-4-5-10/h2-3,6,10H,4-5,7H2,1H3. The number of ether oxygens (including phenoxy) is 1. The van der Waals surface area contributed by atoms with Crippen molar-refractivity contribution in [3.05, 3.63) is 35.1 Å². The molecule has 1 nitrogen and oxygen atoms in total. The van der Waals surface area contributed by atoms with Gasteiger partial charge in [0, 0.05) is 5.56 Å². The quantitative estimate of drug-likeness (QED) is 0.695. The molecule has 0 saturated heterocycles. The van der Waals surface area contributed by atoms with E-state index < -0.39 is 0 Å². The SMILES string of the molecule is Cc1ccc(COC2CC2)c(F)c1. The van der Waals surface area contributed by atoms with Crippen molar-refractivity contribution in [2.24, 2.45) is 0 Å². The summed E-state index contributed by atoms with van der Waals surface area (Å²) in [5, 5.41) is 0. The number of rotatable bonds is 3. The molecule has 1 aromatic rings. The van der Waals surface area contributed by atoms with E-state index in [-0.39, 0.29) is 5.82 Å². The van der Waals surface area contributed by atoms with Crippen LogP contribution in [0.15, 0.2) is 18.2 Å². The average Bonchev–Trinajstić information content (AvgIpc) is 2.86. The molecule has 70 valence electrons. The monoisotopic (exact) mass is 180 g/mol. The molecule has 0 heterocycles. The van der Waals surface area contributed by atoms with Crippen LogP contribution >= 0.6 is 0 Å². The average molecular weight is 180 g/mol. The maximum absolute atomic E-state index is 13.2. The highest BCUT2D eigenvalue weighted by atomic mass is 19.1. The van der Waals surface area contributed by atoms with Crippen molar-refractivity contribution in [1.29, 1.82) is 0 Å². The molecule has 2 rings (SSSR count). The van der Waals surface area contributed by atoms with E-state index in [9.17, 15) is 4.39 Å². The summed E-state index contributed by atoms with van der Waals surface area (Å²) in [5.74, 6) is -0.152. The Kier molecular flexibility index (Phi) is 2.32. The molecule has 0 aliphatic heterocycles. The Hall–Kier alpha value is -0.890. The van der Waals surface area contributed by atoms with Gasteiger partial charge in [-0.1, -0.05) is 12.1 Å². The minimum atomic E-state index is -0.152. The summed E-state index contributed by atoms with van der Waals surface area (Å²) in [5.41, 5.74) is 1.62. The van der Waals surface area contributed by atoms with Gasteiger partial charge in [0.05, 0.1) is 12.7 Å². The molecule has 0 amide bonds. The lowest BCUT2D eigenvalue weighted by Gasteiger charge is -2.04. The Bertz CT molecular complexity index is 305. The molecule has 0 atom stereocenters. The summed E-state index contributed by atoms with van der Waals surface area (Å²) in [4.78, 5) is 0. The third-order valence-electron chi connectivity index (χ3n) is 2.21. The summed E-state index contributed by atoms with van der Waals surface area (Å²) in [7, 11) is 0. The maximum atomic E-state index is 13.2. The first-order chi connectivity index (χ1) is 6.25. The van der Waals surface area contributed by atoms with Crippen LogP contribution in [0.2, 0.25) is 0 Å². The molecule has 0 unspecified atom stereocenters. The normalized spacial score (nSPS) is 16.2. The number of hydrogen-bond acceptors (Lipinski definition) is 1. The number of aryl methyl sites for hydroxylation is 1. The summed E-state index contributed by atoms with van der Waals surface area (Å²) >= 11 is 0. The summed E-state index contributed by atoms with van der Waals surface area (Å²) in [6, 6.07) is 5.26. The van der Waals surface area contributed by atoms with Crippen LogP contribution in [0.4, 0.5) is 4.39 Å². The molecule has 1 aliphatic carbocycles. The first-order valence-electron chi connectivity index (χ1n) is 4.62. The fourth-order valence-electron chi connectivity index (χ4n) is 1.21. The molecule has 0 radical (unpaired) electrons. The summed E-state index contributed by atoms with van der Waals surface area (Å²) in [6.07, 6.45) is 2.65. The van der Waals surface area contributed by atoms with Gasteiger partial charge >= 0.3 is 0 Å². The molecular weight excluding hydrogens is 167 g/mol. The zero-order valence-corrected chi connectivity index (χ0v) is 7.72. The summed E-state index contributed by atoms with van der Waals surface area (Å²) < 4.78 is 18.7. The van der Waals surface area contributed by atoms with Crippen molar-refractivity contribution in [2.75, 3.05) is 0 Å². The van der Waals surface area contributed by atoms with Crippen LogP contribution < -0.4 is 0 Å². The molecule has 0 aromatic heterocycles. The molecule has 13 heavy (non-hydrogen) atoms. The van der Waals surface area contributed by atoms with Gasteiger partial charge in [0.25, 0.3) is 0 Å². The fourth-order valence-corrected chi connectivity index (χ4v) is 1.21. The molecule has 0 bridgehead atoms. The largest absolute Gasteiger partial charge is 0.373 e. The van der Waals surface area contributed by atoms with E-state index in [0.717, 1.165) is 18.4 Å². The highest BCUT2D eigenvalue weighted by Gasteiger charge is 2.22. The van der Waals surface area contributed by atoms with Gasteiger partial charge in [0.2, 0.25) is 0 Å². The van der Waals surface area contributed by atoms with Gasteiger partial charge in [-0.15, -0.1) is 0 Å². The van der Waals surface area contributed by atoms with Gasteiger partial charge in [-0.3, -0.25) is 0 Å². The Balaban J connectivity index is 2.01. The van der Waals surface area contributed by atoms with Crippen molar-refractivity contribution < 1.29 is 9.13 Å². The Labute approximate surface area is 77.5 Å². The van der Waals surface area contributed by atoms with Crippen LogP contribution in [0.3, 0.4) is 0 Å². The highest BCUT2D eigenvalue weighted by Crippen LogP contribution is 2.25. The zero-order valence-electron chi connectivity index (χ0n) is 7.72. The van der Waals surface area contributed by atoms with Crippen LogP contribution in [-0.2, 0) is 11.3 Å². The molecule has 1 saturated carbocycles. The highest BCUT2D eigenvalue weighted by molar-refractivity contribution is 5.22. The van der Waals surface area contributed by atoms with Crippen LogP contribution in [-0.4, -0.2) is 6.10 Å². The van der Waals surface area contributed by atoms with Crippen molar-refractivity contribution in [2.45, 2.75) is 32.5 Å². The third kappa shape index (κ3) is 2.28. The smallest absolute Gasteiger partial charge is 0.128 e. The van der Waals surface area contributed by atoms with Gasteiger partial charge < -0.3 is 4.74 Å². The topological polar surface area (TPSA) is 9.23 Å². The van der Waals surface area contributed by atoms with Crippen LogP contribution in [0.25, 0.3) is 0 Å². The van der Waals surface area contributed by atoms with Gasteiger partial charge in [0.15, 0.2) is 0 Å². The first-order valence-corrected chi connectivity index (χ1v) is 4.62. The third-order valence-corrected chi connectivity index (χ3v) is 2.21. The predicted molar refractivity (Wildman–Crippen MR) is 48.9 cm³/mol. The number of hydrogen-bond donors (Lipinski definition) is 0. The molecule has 1 fully saturated rings. The second-order valence-electron chi connectivity index (χ2n) is 3.61. The van der Waals surface area contributed by atoms with Crippen LogP contribution in [0.1, 0.15) is 24.0 Å². The Morgan fingerprint density at radius 2 is 2.23 bits per heavy atom. The fraction of sp³-hybridized carbons (Fsp3) is 0.455. The van der Waals surface area contributed by atoms with E-state index in [4.69, 9.17) is 4.74 Å². The van der Waals surface area contributed by atoms with E-state index in [1.54, 1.807) is 12.1 Å². The molecule has 1 aliphatic rings. The second-order valence-corrected chi connectivity index (χ2v) is 3.61. The zero-order chi connectivity index (χ0) is 9.26. The maximum Gasteiger partial charge on any atom is 0.128 e. The number of benzene rings is 1. The van der Waals surface area contributed by atoms with Gasteiger partial charge in [-0.2, -0.15) is 0 Å². The first kappa shape index (κ1) is 8.70. The lowest BCUT2D eigenvalue weighted by Crippen LogP contribution is -1.97. The van der Waals surface area contributed by atoms with Crippen molar-refractivity contribution in [3.63, 3.8) is 0 Å². The Morgan fingerprint density at radius 1 is 1.46 bits per heavy atom. The molecule has 2 heteroatoms. The molecule has 0 spiro atoms. The van der Waals surface area contributed by atoms with E-state index in [1.807, 2.05) is 13.0 Å². The van der Waals surface area contributed by atoms with Gasteiger partial charge in [0.1, 0.15) is 5.82 Å². The van der Waals surface area contributed by atoms with E-state index in [1.165, 1.54) is 0 Å². The van der Waals surface area contributed by atoms with Gasteiger partial charge in [-0.25, -0.2) is 4.39 Å². The van der Waals surface area contributed by atoms with Crippen molar-refractivity contribution >= 4 is 0 Å². The van der Waals surface area contributed by atoms with Crippen LogP contribution in [0.5, 0.6) is 0 Å². The van der Waals surface area contributed by atoms with Gasteiger partial charge in [-0.05, 0) is 31.4 Å². The summed E-state index contributed by atoms with van der Waals surface area (Å²) in [6.45, 7) is 2.30.